The first-order valence-corrected chi connectivity index (χ1v) is 9.21. The first-order chi connectivity index (χ1) is 12.8. The molecule has 0 radical (unpaired) electrons. The summed E-state index contributed by atoms with van der Waals surface area (Å²) in [6, 6.07) is 1.56. The number of anilines is 1. The van der Waals surface area contributed by atoms with Crippen molar-refractivity contribution in [2.24, 2.45) is 5.92 Å². The molecule has 1 aromatic rings. The van der Waals surface area contributed by atoms with Crippen LogP contribution in [-0.4, -0.2) is 46.9 Å². The fourth-order valence-corrected chi connectivity index (χ4v) is 3.06. The number of ether oxygens (including phenoxy) is 1. The van der Waals surface area contributed by atoms with Crippen molar-refractivity contribution in [3.63, 3.8) is 0 Å². The van der Waals surface area contributed by atoms with E-state index in [0.29, 0.717) is 30.8 Å². The molecule has 3 rings (SSSR count). The minimum Gasteiger partial charge on any atom is -0.444 e. The fourth-order valence-electron chi connectivity index (χ4n) is 3.06. The maximum absolute atomic E-state index is 12.4. The zero-order valence-electron chi connectivity index (χ0n) is 15.9. The molecule has 2 aliphatic rings. The van der Waals surface area contributed by atoms with Gasteiger partial charge in [-0.05, 0) is 51.7 Å². The topological polar surface area (TPSA) is 88.6 Å². The Labute approximate surface area is 158 Å². The maximum Gasteiger partial charge on any atom is 0.412 e. The van der Waals surface area contributed by atoms with Crippen LogP contribution >= 0.6 is 0 Å². The molecule has 7 nitrogen and oxygen atoms in total. The lowest BCUT2D eigenvalue weighted by atomic mass is 10.0. The van der Waals surface area contributed by atoms with E-state index in [1.54, 1.807) is 26.8 Å². The van der Waals surface area contributed by atoms with Crippen molar-refractivity contribution in [2.75, 3.05) is 18.4 Å². The van der Waals surface area contributed by atoms with Crippen LogP contribution in [0.15, 0.2) is 18.3 Å². The first-order valence-electron chi connectivity index (χ1n) is 9.21. The monoisotopic (exact) mass is 371 g/mol. The van der Waals surface area contributed by atoms with Gasteiger partial charge in [-0.2, -0.15) is 0 Å². The number of nitrogens with one attached hydrogen (secondary N) is 1. The first kappa shape index (κ1) is 19.1. The van der Waals surface area contributed by atoms with E-state index in [2.05, 4.69) is 10.3 Å². The van der Waals surface area contributed by atoms with Gasteiger partial charge in [0, 0.05) is 25.2 Å². The van der Waals surface area contributed by atoms with E-state index in [0.717, 1.165) is 24.8 Å². The van der Waals surface area contributed by atoms with Crippen molar-refractivity contribution < 1.29 is 19.1 Å². The van der Waals surface area contributed by atoms with Crippen molar-refractivity contribution in [3.8, 4) is 0 Å². The van der Waals surface area contributed by atoms with Crippen LogP contribution in [0.3, 0.4) is 0 Å². The highest BCUT2D eigenvalue weighted by molar-refractivity contribution is 5.97. The Morgan fingerprint density at radius 2 is 2.07 bits per heavy atom. The van der Waals surface area contributed by atoms with Crippen LogP contribution in [0.5, 0.6) is 0 Å². The van der Waals surface area contributed by atoms with Crippen LogP contribution in [0.25, 0.3) is 5.57 Å². The zero-order chi connectivity index (χ0) is 19.6. The SMILES string of the molecule is CC(C)(C)OC(=O)Nc1ccnc(C2=CCCN(C(=O)C3CC3)C2)c1C=O. The Morgan fingerprint density at radius 1 is 1.33 bits per heavy atom. The minimum atomic E-state index is -0.642. The van der Waals surface area contributed by atoms with Gasteiger partial charge in [-0.25, -0.2) is 4.79 Å². The molecule has 144 valence electrons. The van der Waals surface area contributed by atoms with Gasteiger partial charge in [0.05, 0.1) is 16.9 Å². The average molecular weight is 371 g/mol. The Hall–Kier alpha value is -2.70. The van der Waals surface area contributed by atoms with Gasteiger partial charge < -0.3 is 9.64 Å². The van der Waals surface area contributed by atoms with Gasteiger partial charge in [-0.15, -0.1) is 0 Å². The fraction of sp³-hybridized carbons (Fsp3) is 0.500. The molecule has 1 aromatic heterocycles. The van der Waals surface area contributed by atoms with Gasteiger partial charge in [0.2, 0.25) is 5.91 Å². The molecule has 1 saturated carbocycles. The van der Waals surface area contributed by atoms with E-state index in [1.165, 1.54) is 6.20 Å². The second-order valence-corrected chi connectivity index (χ2v) is 7.92. The van der Waals surface area contributed by atoms with E-state index in [4.69, 9.17) is 4.74 Å². The van der Waals surface area contributed by atoms with Crippen molar-refractivity contribution in [1.82, 2.24) is 9.88 Å². The number of aldehydes is 1. The molecule has 2 amide bonds. The number of carbonyl (C=O) groups excluding carboxylic acids is 3. The number of rotatable bonds is 4. The average Bonchev–Trinajstić information content (AvgIpc) is 3.44. The van der Waals surface area contributed by atoms with E-state index in [1.807, 2.05) is 11.0 Å². The second-order valence-electron chi connectivity index (χ2n) is 7.92. The summed E-state index contributed by atoms with van der Waals surface area (Å²) in [6.07, 6.45) is 6.23. The molecule has 27 heavy (non-hydrogen) atoms. The summed E-state index contributed by atoms with van der Waals surface area (Å²) in [5.74, 6) is 0.333. The Morgan fingerprint density at radius 3 is 2.70 bits per heavy atom. The predicted octanol–water partition coefficient (Wildman–Crippen LogP) is 3.27. The minimum absolute atomic E-state index is 0.156. The van der Waals surface area contributed by atoms with Crippen molar-refractivity contribution in [3.05, 3.63) is 29.6 Å². The number of hydrogen-bond acceptors (Lipinski definition) is 5. The third kappa shape index (κ3) is 4.72. The van der Waals surface area contributed by atoms with Crippen LogP contribution < -0.4 is 5.32 Å². The largest absolute Gasteiger partial charge is 0.444 e. The number of amides is 2. The molecule has 0 saturated heterocycles. The van der Waals surface area contributed by atoms with E-state index >= 15 is 0 Å². The normalized spacial score (nSPS) is 17.1. The molecular weight excluding hydrogens is 346 g/mol. The summed E-state index contributed by atoms with van der Waals surface area (Å²) in [7, 11) is 0. The lowest BCUT2D eigenvalue weighted by molar-refractivity contribution is -0.132. The lowest BCUT2D eigenvalue weighted by Crippen LogP contribution is -2.36. The molecule has 1 aliphatic carbocycles. The second kappa shape index (κ2) is 7.50. The van der Waals surface area contributed by atoms with E-state index in [-0.39, 0.29) is 17.4 Å². The summed E-state index contributed by atoms with van der Waals surface area (Å²) < 4.78 is 5.25. The van der Waals surface area contributed by atoms with Crippen LogP contribution in [0, 0.1) is 5.92 Å². The highest BCUT2D eigenvalue weighted by Gasteiger charge is 2.34. The Balaban J connectivity index is 1.81. The van der Waals surface area contributed by atoms with Crippen LogP contribution in [-0.2, 0) is 9.53 Å². The molecule has 0 unspecified atom stereocenters. The third-order valence-electron chi connectivity index (χ3n) is 4.44. The predicted molar refractivity (Wildman–Crippen MR) is 101 cm³/mol. The van der Waals surface area contributed by atoms with Gasteiger partial charge in [0.1, 0.15) is 5.60 Å². The van der Waals surface area contributed by atoms with Crippen LogP contribution in [0.1, 0.15) is 56.1 Å². The number of nitrogens with zero attached hydrogens (tertiary/aromatic N) is 2. The van der Waals surface area contributed by atoms with Gasteiger partial charge in [-0.3, -0.25) is 19.9 Å². The Kier molecular flexibility index (Phi) is 5.30. The molecular formula is C20H25N3O4. The van der Waals surface area contributed by atoms with Gasteiger partial charge in [-0.1, -0.05) is 6.08 Å². The zero-order valence-corrected chi connectivity index (χ0v) is 15.9. The number of hydrogen-bond donors (Lipinski definition) is 1. The summed E-state index contributed by atoms with van der Waals surface area (Å²) >= 11 is 0. The standard InChI is InChI=1S/C20H25N3O4/c1-20(2,3)27-19(26)22-16-8-9-21-17(15(16)12-24)14-5-4-10-23(11-14)18(25)13-6-7-13/h5,8-9,12-13H,4,6-7,10-11H2,1-3H3,(H,21,22,26). The molecule has 2 heterocycles. The summed E-state index contributed by atoms with van der Waals surface area (Å²) in [4.78, 5) is 42.4. The van der Waals surface area contributed by atoms with Crippen molar-refractivity contribution >= 4 is 29.5 Å². The summed E-state index contributed by atoms with van der Waals surface area (Å²) in [6.45, 7) is 6.42. The van der Waals surface area contributed by atoms with E-state index in [9.17, 15) is 14.4 Å². The lowest BCUT2D eigenvalue weighted by Gasteiger charge is -2.28. The smallest absolute Gasteiger partial charge is 0.412 e. The third-order valence-corrected chi connectivity index (χ3v) is 4.44. The molecule has 1 aliphatic heterocycles. The molecule has 0 atom stereocenters. The van der Waals surface area contributed by atoms with Gasteiger partial charge in [0.25, 0.3) is 0 Å². The van der Waals surface area contributed by atoms with Crippen LogP contribution in [0.2, 0.25) is 0 Å². The molecule has 7 heteroatoms. The van der Waals surface area contributed by atoms with Crippen molar-refractivity contribution in [2.45, 2.75) is 45.6 Å². The molecule has 1 N–H and O–H groups in total. The van der Waals surface area contributed by atoms with Crippen molar-refractivity contribution in [1.29, 1.82) is 0 Å². The van der Waals surface area contributed by atoms with Crippen LogP contribution in [0.4, 0.5) is 10.5 Å². The Bertz CT molecular complexity index is 791. The summed E-state index contributed by atoms with van der Waals surface area (Å²) in [5.41, 5.74) is 1.31. The summed E-state index contributed by atoms with van der Waals surface area (Å²) in [5, 5.41) is 2.62. The highest BCUT2D eigenvalue weighted by atomic mass is 16.6. The van der Waals surface area contributed by atoms with Gasteiger partial charge >= 0.3 is 6.09 Å². The molecule has 0 bridgehead atoms. The number of pyridine rings is 1. The highest BCUT2D eigenvalue weighted by Crippen LogP contribution is 2.33. The quantitative estimate of drug-likeness (QED) is 0.821. The van der Waals surface area contributed by atoms with E-state index < -0.39 is 11.7 Å². The number of aromatic nitrogens is 1. The van der Waals surface area contributed by atoms with Gasteiger partial charge in [0.15, 0.2) is 6.29 Å². The molecule has 1 fully saturated rings. The number of carbonyl (C=O) groups is 3. The molecule has 0 aromatic carbocycles. The maximum atomic E-state index is 12.4. The molecule has 0 spiro atoms.